The van der Waals surface area contributed by atoms with E-state index in [1.807, 2.05) is 29.2 Å². The van der Waals surface area contributed by atoms with Crippen molar-refractivity contribution in [2.45, 2.75) is 20.3 Å². The number of carboxylic acids is 1. The average molecular weight is 236 g/mol. The standard InChI is InChI=1S/C13H20N2O2/c1-10(2)9-15(8-7-13(16)17)12-6-4-3-5-11(12)14/h3-6,10H,7-9,14H2,1-2H3,(H,16,17). The van der Waals surface area contributed by atoms with Gasteiger partial charge in [0, 0.05) is 13.1 Å². The van der Waals surface area contributed by atoms with Crippen molar-refractivity contribution in [2.24, 2.45) is 5.92 Å². The zero-order chi connectivity index (χ0) is 12.8. The van der Waals surface area contributed by atoms with Crippen LogP contribution in [0.5, 0.6) is 0 Å². The number of hydrogen-bond donors (Lipinski definition) is 2. The van der Waals surface area contributed by atoms with Gasteiger partial charge in [-0.1, -0.05) is 26.0 Å². The van der Waals surface area contributed by atoms with E-state index in [1.54, 1.807) is 0 Å². The molecule has 17 heavy (non-hydrogen) atoms. The summed E-state index contributed by atoms with van der Waals surface area (Å²) in [5.41, 5.74) is 7.53. The number of nitrogen functional groups attached to an aromatic ring is 1. The van der Waals surface area contributed by atoms with E-state index in [0.717, 1.165) is 12.2 Å². The van der Waals surface area contributed by atoms with E-state index in [1.165, 1.54) is 0 Å². The second kappa shape index (κ2) is 6.13. The van der Waals surface area contributed by atoms with Crippen LogP contribution in [0.1, 0.15) is 20.3 Å². The Balaban J connectivity index is 2.82. The Morgan fingerprint density at radius 3 is 2.59 bits per heavy atom. The zero-order valence-corrected chi connectivity index (χ0v) is 10.4. The monoisotopic (exact) mass is 236 g/mol. The molecule has 1 aromatic carbocycles. The lowest BCUT2D eigenvalue weighted by Crippen LogP contribution is -2.30. The van der Waals surface area contributed by atoms with Crippen LogP contribution in [0.4, 0.5) is 11.4 Å². The molecule has 0 saturated heterocycles. The molecule has 0 amide bonds. The molecule has 0 unspecified atom stereocenters. The van der Waals surface area contributed by atoms with E-state index in [0.29, 0.717) is 18.2 Å². The van der Waals surface area contributed by atoms with Crippen molar-refractivity contribution in [3.63, 3.8) is 0 Å². The number of aliphatic carboxylic acids is 1. The molecule has 0 fully saturated rings. The van der Waals surface area contributed by atoms with Crippen LogP contribution in [-0.4, -0.2) is 24.2 Å². The van der Waals surface area contributed by atoms with E-state index in [2.05, 4.69) is 13.8 Å². The van der Waals surface area contributed by atoms with Crippen molar-refractivity contribution in [3.8, 4) is 0 Å². The number of carbonyl (C=O) groups is 1. The van der Waals surface area contributed by atoms with Gasteiger partial charge >= 0.3 is 5.97 Å². The van der Waals surface area contributed by atoms with Gasteiger partial charge in [0.25, 0.3) is 0 Å². The molecule has 0 heterocycles. The smallest absolute Gasteiger partial charge is 0.305 e. The van der Waals surface area contributed by atoms with Crippen LogP contribution >= 0.6 is 0 Å². The van der Waals surface area contributed by atoms with Gasteiger partial charge in [0.2, 0.25) is 0 Å². The lowest BCUT2D eigenvalue weighted by Gasteiger charge is -2.27. The van der Waals surface area contributed by atoms with Gasteiger partial charge in [-0.15, -0.1) is 0 Å². The van der Waals surface area contributed by atoms with Crippen LogP contribution in [-0.2, 0) is 4.79 Å². The third kappa shape index (κ3) is 4.34. The molecule has 3 N–H and O–H groups in total. The molecule has 0 spiro atoms. The number of rotatable bonds is 6. The third-order valence-corrected chi connectivity index (χ3v) is 2.46. The molecule has 0 aliphatic carbocycles. The Hall–Kier alpha value is -1.71. The summed E-state index contributed by atoms with van der Waals surface area (Å²) < 4.78 is 0. The van der Waals surface area contributed by atoms with Crippen molar-refractivity contribution in [2.75, 3.05) is 23.7 Å². The number of para-hydroxylation sites is 2. The first kappa shape index (κ1) is 13.4. The third-order valence-electron chi connectivity index (χ3n) is 2.46. The lowest BCUT2D eigenvalue weighted by atomic mass is 10.1. The first-order valence-corrected chi connectivity index (χ1v) is 5.82. The predicted molar refractivity (Wildman–Crippen MR) is 70.2 cm³/mol. The van der Waals surface area contributed by atoms with Gasteiger partial charge in [-0.25, -0.2) is 0 Å². The fraction of sp³-hybridized carbons (Fsp3) is 0.462. The van der Waals surface area contributed by atoms with Crippen molar-refractivity contribution in [3.05, 3.63) is 24.3 Å². The highest BCUT2D eigenvalue weighted by Gasteiger charge is 2.12. The molecule has 1 aromatic rings. The van der Waals surface area contributed by atoms with Crippen molar-refractivity contribution in [1.82, 2.24) is 0 Å². The van der Waals surface area contributed by atoms with Gasteiger partial charge in [0.1, 0.15) is 0 Å². The topological polar surface area (TPSA) is 66.6 Å². The van der Waals surface area contributed by atoms with Crippen LogP contribution in [0, 0.1) is 5.92 Å². The summed E-state index contributed by atoms with van der Waals surface area (Å²) >= 11 is 0. The molecule has 94 valence electrons. The Labute approximate surface area is 102 Å². The number of nitrogens with zero attached hydrogens (tertiary/aromatic N) is 1. The summed E-state index contributed by atoms with van der Waals surface area (Å²) in [6.45, 7) is 5.50. The maximum atomic E-state index is 10.6. The highest BCUT2D eigenvalue weighted by molar-refractivity contribution is 5.70. The molecule has 0 radical (unpaired) electrons. The summed E-state index contributed by atoms with van der Waals surface area (Å²) in [5.74, 6) is -0.323. The van der Waals surface area contributed by atoms with Gasteiger partial charge in [0.15, 0.2) is 0 Å². The number of hydrogen-bond acceptors (Lipinski definition) is 3. The summed E-state index contributed by atoms with van der Waals surface area (Å²) in [6.07, 6.45) is 0.126. The predicted octanol–water partition coefficient (Wildman–Crippen LogP) is 2.21. The van der Waals surface area contributed by atoms with Gasteiger partial charge in [-0.3, -0.25) is 4.79 Å². The summed E-state index contributed by atoms with van der Waals surface area (Å²) in [5, 5.41) is 8.75. The maximum Gasteiger partial charge on any atom is 0.305 e. The van der Waals surface area contributed by atoms with E-state index < -0.39 is 5.97 Å². The van der Waals surface area contributed by atoms with Crippen LogP contribution in [0.3, 0.4) is 0 Å². The van der Waals surface area contributed by atoms with Crippen LogP contribution in [0.25, 0.3) is 0 Å². The molecular weight excluding hydrogens is 216 g/mol. The number of carboxylic acid groups (broad SMARTS) is 1. The Morgan fingerprint density at radius 2 is 2.06 bits per heavy atom. The molecular formula is C13H20N2O2. The normalized spacial score (nSPS) is 10.5. The number of nitrogens with two attached hydrogens (primary N) is 1. The van der Waals surface area contributed by atoms with E-state index in [9.17, 15) is 4.79 Å². The summed E-state index contributed by atoms with van der Waals surface area (Å²) in [7, 11) is 0. The van der Waals surface area contributed by atoms with E-state index >= 15 is 0 Å². The summed E-state index contributed by atoms with van der Waals surface area (Å²) in [4.78, 5) is 12.7. The fourth-order valence-corrected chi connectivity index (χ4v) is 1.76. The molecule has 0 aliphatic heterocycles. The quantitative estimate of drug-likeness (QED) is 0.743. The Kier molecular flexibility index (Phi) is 4.82. The molecule has 1 rings (SSSR count). The minimum absolute atomic E-state index is 0.126. The molecule has 4 heteroatoms. The van der Waals surface area contributed by atoms with Crippen LogP contribution < -0.4 is 10.6 Å². The fourth-order valence-electron chi connectivity index (χ4n) is 1.76. The molecule has 0 atom stereocenters. The van der Waals surface area contributed by atoms with Gasteiger partial charge < -0.3 is 15.7 Å². The van der Waals surface area contributed by atoms with Crippen molar-refractivity contribution >= 4 is 17.3 Å². The molecule has 4 nitrogen and oxygen atoms in total. The maximum absolute atomic E-state index is 10.6. The Bertz CT molecular complexity index is 377. The lowest BCUT2D eigenvalue weighted by molar-refractivity contribution is -0.136. The first-order valence-electron chi connectivity index (χ1n) is 5.82. The minimum atomic E-state index is -0.784. The van der Waals surface area contributed by atoms with E-state index in [-0.39, 0.29) is 6.42 Å². The second-order valence-corrected chi connectivity index (χ2v) is 4.54. The van der Waals surface area contributed by atoms with Crippen LogP contribution in [0.15, 0.2) is 24.3 Å². The summed E-state index contributed by atoms with van der Waals surface area (Å²) in [6, 6.07) is 7.56. The molecule has 0 aromatic heterocycles. The highest BCUT2D eigenvalue weighted by atomic mass is 16.4. The van der Waals surface area contributed by atoms with Gasteiger partial charge in [-0.05, 0) is 18.1 Å². The number of benzene rings is 1. The van der Waals surface area contributed by atoms with Crippen molar-refractivity contribution in [1.29, 1.82) is 0 Å². The largest absolute Gasteiger partial charge is 0.481 e. The molecule has 0 bridgehead atoms. The first-order chi connectivity index (χ1) is 8.00. The SMILES string of the molecule is CC(C)CN(CCC(=O)O)c1ccccc1N. The van der Waals surface area contributed by atoms with E-state index in [4.69, 9.17) is 10.8 Å². The van der Waals surface area contributed by atoms with Gasteiger partial charge in [-0.2, -0.15) is 0 Å². The average Bonchev–Trinajstić information content (AvgIpc) is 2.24. The molecule has 0 saturated carbocycles. The minimum Gasteiger partial charge on any atom is -0.481 e. The second-order valence-electron chi connectivity index (χ2n) is 4.54. The number of anilines is 2. The van der Waals surface area contributed by atoms with Gasteiger partial charge in [0.05, 0.1) is 17.8 Å². The van der Waals surface area contributed by atoms with Crippen molar-refractivity contribution < 1.29 is 9.90 Å². The highest BCUT2D eigenvalue weighted by Crippen LogP contribution is 2.23. The Morgan fingerprint density at radius 1 is 1.41 bits per heavy atom. The zero-order valence-electron chi connectivity index (χ0n) is 10.4. The van der Waals surface area contributed by atoms with Crippen LogP contribution in [0.2, 0.25) is 0 Å². The molecule has 0 aliphatic rings.